The quantitative estimate of drug-likeness (QED) is 0.202. The summed E-state index contributed by atoms with van der Waals surface area (Å²) in [5.41, 5.74) is 1.01. The van der Waals surface area contributed by atoms with E-state index in [9.17, 15) is 19.2 Å². The molecule has 176 valence electrons. The molecule has 0 N–H and O–H groups in total. The summed E-state index contributed by atoms with van der Waals surface area (Å²) in [5.74, 6) is -1.52. The molecule has 1 aliphatic rings. The minimum absolute atomic E-state index is 0.118. The van der Waals surface area contributed by atoms with Gasteiger partial charge in [0.2, 0.25) is 0 Å². The number of carbonyl (C=O) groups excluding carboxylic acids is 4. The fourth-order valence-electron chi connectivity index (χ4n) is 3.57. The van der Waals surface area contributed by atoms with Crippen LogP contribution in [0.4, 0.5) is 0 Å². The van der Waals surface area contributed by atoms with E-state index in [4.69, 9.17) is 9.57 Å². The number of benzene rings is 1. The lowest BCUT2D eigenvalue weighted by Crippen LogP contribution is -2.31. The molecule has 1 saturated heterocycles. The van der Waals surface area contributed by atoms with Crippen LogP contribution in [0, 0.1) is 0 Å². The fraction of sp³-hybridized carbons (Fsp3) is 0.600. The first kappa shape index (κ1) is 25.6. The van der Waals surface area contributed by atoms with Crippen molar-refractivity contribution in [3.05, 3.63) is 35.9 Å². The van der Waals surface area contributed by atoms with Crippen LogP contribution in [-0.2, 0) is 35.4 Å². The molecule has 2 rings (SSSR count). The fourth-order valence-corrected chi connectivity index (χ4v) is 3.57. The number of hydrogen-bond acceptors (Lipinski definition) is 6. The van der Waals surface area contributed by atoms with E-state index in [0.29, 0.717) is 24.5 Å². The summed E-state index contributed by atoms with van der Waals surface area (Å²) in [6.07, 6.45) is 11.3. The molecule has 2 amide bonds. The van der Waals surface area contributed by atoms with Gasteiger partial charge in [-0.05, 0) is 18.4 Å². The highest BCUT2D eigenvalue weighted by Crippen LogP contribution is 2.15. The van der Waals surface area contributed by atoms with Gasteiger partial charge in [0.25, 0.3) is 11.8 Å². The van der Waals surface area contributed by atoms with Crippen LogP contribution in [0.1, 0.15) is 95.5 Å². The van der Waals surface area contributed by atoms with Crippen molar-refractivity contribution in [1.82, 2.24) is 5.06 Å². The van der Waals surface area contributed by atoms with Crippen LogP contribution in [0.5, 0.6) is 0 Å². The van der Waals surface area contributed by atoms with Crippen molar-refractivity contribution in [3.63, 3.8) is 0 Å². The molecule has 0 radical (unpaired) electrons. The Kier molecular flexibility index (Phi) is 12.1. The predicted molar refractivity (Wildman–Crippen MR) is 119 cm³/mol. The molecule has 0 saturated carbocycles. The van der Waals surface area contributed by atoms with Crippen LogP contribution >= 0.6 is 0 Å². The molecule has 0 spiro atoms. The zero-order valence-electron chi connectivity index (χ0n) is 18.9. The van der Waals surface area contributed by atoms with Crippen molar-refractivity contribution in [2.45, 2.75) is 96.5 Å². The van der Waals surface area contributed by atoms with E-state index in [1.54, 1.807) is 0 Å². The second kappa shape index (κ2) is 15.2. The standard InChI is InChI=1S/C25H35NO6/c27-22-18-19-23(28)26(22)32-25(30)17-13-8-6-4-2-1-3-5-7-12-16-24(29)31-20-21-14-10-9-11-15-21/h9-11,14-15H,1-8,12-13,16-20H2. The van der Waals surface area contributed by atoms with E-state index >= 15 is 0 Å². The van der Waals surface area contributed by atoms with Crippen LogP contribution in [0.15, 0.2) is 30.3 Å². The summed E-state index contributed by atoms with van der Waals surface area (Å²) in [5, 5.41) is 0.607. The second-order valence-electron chi connectivity index (χ2n) is 8.23. The van der Waals surface area contributed by atoms with Crippen molar-refractivity contribution in [1.29, 1.82) is 0 Å². The van der Waals surface area contributed by atoms with Gasteiger partial charge in [-0.25, -0.2) is 4.79 Å². The molecule has 32 heavy (non-hydrogen) atoms. The van der Waals surface area contributed by atoms with Gasteiger partial charge in [0.15, 0.2) is 0 Å². The molecular weight excluding hydrogens is 410 g/mol. The number of imide groups is 1. The van der Waals surface area contributed by atoms with Crippen molar-refractivity contribution >= 4 is 23.8 Å². The lowest BCUT2D eigenvalue weighted by Gasteiger charge is -2.12. The Bertz CT molecular complexity index is 717. The number of rotatable bonds is 16. The third kappa shape index (κ3) is 10.6. The molecule has 1 aromatic carbocycles. The maximum Gasteiger partial charge on any atom is 0.333 e. The van der Waals surface area contributed by atoms with Gasteiger partial charge in [0.05, 0.1) is 0 Å². The van der Waals surface area contributed by atoms with Crippen LogP contribution in [-0.4, -0.2) is 28.8 Å². The highest BCUT2D eigenvalue weighted by molar-refractivity contribution is 6.01. The van der Waals surface area contributed by atoms with E-state index in [0.717, 1.165) is 44.1 Å². The maximum absolute atomic E-state index is 11.8. The molecule has 1 aromatic rings. The summed E-state index contributed by atoms with van der Waals surface area (Å²) in [6.45, 7) is 0.346. The van der Waals surface area contributed by atoms with Crippen LogP contribution in [0.3, 0.4) is 0 Å². The summed E-state index contributed by atoms with van der Waals surface area (Å²) in [4.78, 5) is 51.1. The number of hydroxylamine groups is 2. The van der Waals surface area contributed by atoms with Gasteiger partial charge in [0, 0.05) is 25.7 Å². The van der Waals surface area contributed by atoms with E-state index in [-0.39, 0.29) is 25.2 Å². The van der Waals surface area contributed by atoms with E-state index in [1.165, 1.54) is 19.3 Å². The summed E-state index contributed by atoms with van der Waals surface area (Å²) in [7, 11) is 0. The Labute approximate surface area is 190 Å². The number of hydrogen-bond donors (Lipinski definition) is 0. The Morgan fingerprint density at radius 1 is 0.688 bits per heavy atom. The molecule has 1 heterocycles. The molecule has 7 nitrogen and oxygen atoms in total. The SMILES string of the molecule is O=C(CCCCCCCCCCCCC(=O)ON1C(=O)CCC1=O)OCc1ccccc1. The molecule has 7 heteroatoms. The number of ether oxygens (including phenoxy) is 1. The Morgan fingerprint density at radius 2 is 1.16 bits per heavy atom. The van der Waals surface area contributed by atoms with E-state index in [1.807, 2.05) is 30.3 Å². The smallest absolute Gasteiger partial charge is 0.333 e. The van der Waals surface area contributed by atoms with Gasteiger partial charge in [-0.3, -0.25) is 14.4 Å². The normalized spacial score (nSPS) is 13.4. The third-order valence-corrected chi connectivity index (χ3v) is 5.45. The topological polar surface area (TPSA) is 90.0 Å². The Balaban J connectivity index is 1.33. The van der Waals surface area contributed by atoms with Gasteiger partial charge >= 0.3 is 11.9 Å². The van der Waals surface area contributed by atoms with Crippen molar-refractivity contribution < 1.29 is 28.8 Å². The third-order valence-electron chi connectivity index (χ3n) is 5.45. The lowest BCUT2D eigenvalue weighted by molar-refractivity contribution is -0.197. The Morgan fingerprint density at radius 3 is 1.69 bits per heavy atom. The van der Waals surface area contributed by atoms with E-state index in [2.05, 4.69) is 0 Å². The first-order chi connectivity index (χ1) is 15.6. The van der Waals surface area contributed by atoms with Gasteiger partial charge in [-0.15, -0.1) is 5.06 Å². The summed E-state index contributed by atoms with van der Waals surface area (Å²) >= 11 is 0. The monoisotopic (exact) mass is 445 g/mol. The largest absolute Gasteiger partial charge is 0.461 e. The maximum atomic E-state index is 11.8. The molecule has 0 unspecified atom stereocenters. The van der Waals surface area contributed by atoms with Gasteiger partial charge in [-0.2, -0.15) is 0 Å². The highest BCUT2D eigenvalue weighted by atomic mass is 16.7. The minimum atomic E-state index is -0.516. The zero-order valence-corrected chi connectivity index (χ0v) is 18.9. The molecule has 0 bridgehead atoms. The predicted octanol–water partition coefficient (Wildman–Crippen LogP) is 5.02. The molecule has 0 aromatic heterocycles. The first-order valence-electron chi connectivity index (χ1n) is 11.8. The molecule has 1 aliphatic heterocycles. The number of amides is 2. The van der Waals surface area contributed by atoms with Crippen molar-refractivity contribution in [2.24, 2.45) is 0 Å². The highest BCUT2D eigenvalue weighted by Gasteiger charge is 2.32. The lowest BCUT2D eigenvalue weighted by atomic mass is 10.1. The zero-order chi connectivity index (χ0) is 23.0. The number of esters is 1. The number of nitrogens with zero attached hydrogens (tertiary/aromatic N) is 1. The summed E-state index contributed by atoms with van der Waals surface area (Å²) < 4.78 is 5.28. The number of carbonyl (C=O) groups is 4. The molecule has 0 atom stereocenters. The minimum Gasteiger partial charge on any atom is -0.461 e. The molecule has 1 fully saturated rings. The van der Waals surface area contributed by atoms with Crippen LogP contribution < -0.4 is 0 Å². The second-order valence-corrected chi connectivity index (χ2v) is 8.23. The van der Waals surface area contributed by atoms with Gasteiger partial charge < -0.3 is 9.57 Å². The van der Waals surface area contributed by atoms with Crippen LogP contribution in [0.2, 0.25) is 0 Å². The van der Waals surface area contributed by atoms with Crippen molar-refractivity contribution in [2.75, 3.05) is 0 Å². The Hall–Kier alpha value is -2.70. The van der Waals surface area contributed by atoms with Gasteiger partial charge in [0.1, 0.15) is 6.61 Å². The average molecular weight is 446 g/mol. The molecule has 0 aliphatic carbocycles. The number of unbranched alkanes of at least 4 members (excludes halogenated alkanes) is 9. The molecular formula is C25H35NO6. The average Bonchev–Trinajstić information content (AvgIpc) is 3.11. The van der Waals surface area contributed by atoms with E-state index < -0.39 is 17.8 Å². The van der Waals surface area contributed by atoms with Crippen LogP contribution in [0.25, 0.3) is 0 Å². The summed E-state index contributed by atoms with van der Waals surface area (Å²) in [6, 6.07) is 9.70. The van der Waals surface area contributed by atoms with Crippen molar-refractivity contribution in [3.8, 4) is 0 Å². The first-order valence-corrected chi connectivity index (χ1v) is 11.8. The van der Waals surface area contributed by atoms with Gasteiger partial charge in [-0.1, -0.05) is 81.7 Å².